The predicted octanol–water partition coefficient (Wildman–Crippen LogP) is 5.73. The number of para-hydroxylation sites is 3. The van der Waals surface area contributed by atoms with Crippen molar-refractivity contribution in [3.63, 3.8) is 0 Å². The maximum atomic E-state index is 13.4. The second-order valence-corrected chi connectivity index (χ2v) is 10.4. The molecule has 6 nitrogen and oxygen atoms in total. The highest BCUT2D eigenvalue weighted by Gasteiger charge is 2.14. The van der Waals surface area contributed by atoms with Crippen LogP contribution in [0.5, 0.6) is 5.75 Å². The zero-order valence-electron chi connectivity index (χ0n) is 20.7. The van der Waals surface area contributed by atoms with E-state index in [2.05, 4.69) is 18.8 Å². The van der Waals surface area contributed by atoms with Crippen LogP contribution in [0, 0.1) is 5.92 Å². The molecule has 0 N–H and O–H groups in total. The van der Waals surface area contributed by atoms with Crippen molar-refractivity contribution >= 4 is 33.4 Å². The van der Waals surface area contributed by atoms with Gasteiger partial charge in [-0.1, -0.05) is 55.5 Å². The zero-order chi connectivity index (χ0) is 25.4. The highest BCUT2D eigenvalue weighted by Crippen LogP contribution is 2.27. The summed E-state index contributed by atoms with van der Waals surface area (Å²) in [4.78, 5) is 18.7. The van der Waals surface area contributed by atoms with Gasteiger partial charge in [0, 0.05) is 17.3 Å². The van der Waals surface area contributed by atoms with Crippen LogP contribution in [0.25, 0.3) is 39.0 Å². The fourth-order valence-corrected chi connectivity index (χ4v) is 5.28. The van der Waals surface area contributed by atoms with E-state index in [9.17, 15) is 4.79 Å². The summed E-state index contributed by atoms with van der Waals surface area (Å²) in [5.74, 6) is 1.44. The third-order valence-electron chi connectivity index (χ3n) is 6.29. The van der Waals surface area contributed by atoms with Crippen LogP contribution >= 0.6 is 11.3 Å². The standard InChI is InChI=1S/C30H26N4O2S/c1-20(2)16-17-36-24-14-12-21(13-15-24)28-22(19-33(32-28)23-8-4-3-5-9-23)18-27-29(35)34-26-11-7-6-10-25(26)31-30(34)37-27/h3-15,18-20H,16-17H2,1-2H3/b27-18+. The molecule has 37 heavy (non-hydrogen) atoms. The third kappa shape index (κ3) is 4.54. The minimum atomic E-state index is -0.0685. The van der Waals surface area contributed by atoms with E-state index in [0.717, 1.165) is 45.7 Å². The Kier molecular flexibility index (Phi) is 6.06. The van der Waals surface area contributed by atoms with E-state index in [4.69, 9.17) is 9.84 Å². The Balaban J connectivity index is 1.44. The first-order chi connectivity index (χ1) is 18.1. The summed E-state index contributed by atoms with van der Waals surface area (Å²) in [6, 6.07) is 25.7. The minimum absolute atomic E-state index is 0.0685. The van der Waals surface area contributed by atoms with Gasteiger partial charge in [0.05, 0.1) is 27.9 Å². The molecule has 0 unspecified atom stereocenters. The topological polar surface area (TPSA) is 61.4 Å². The fourth-order valence-electron chi connectivity index (χ4n) is 4.30. The van der Waals surface area contributed by atoms with Gasteiger partial charge in [-0.25, -0.2) is 14.1 Å². The SMILES string of the molecule is CC(C)CCOc1ccc(-c2nn(-c3ccccc3)cc2/C=c2/sc3nc4ccccc4n3c2=O)cc1. The van der Waals surface area contributed by atoms with Crippen LogP contribution in [-0.2, 0) is 0 Å². The number of fused-ring (bicyclic) bond motifs is 3. The molecular formula is C30H26N4O2S. The van der Waals surface area contributed by atoms with Crippen molar-refractivity contribution in [2.24, 2.45) is 5.92 Å². The van der Waals surface area contributed by atoms with Crippen LogP contribution in [0.1, 0.15) is 25.8 Å². The lowest BCUT2D eigenvalue weighted by Gasteiger charge is -2.08. The van der Waals surface area contributed by atoms with Crippen molar-refractivity contribution in [2.75, 3.05) is 6.61 Å². The minimum Gasteiger partial charge on any atom is -0.494 e. The summed E-state index contributed by atoms with van der Waals surface area (Å²) >= 11 is 1.39. The van der Waals surface area contributed by atoms with Crippen LogP contribution in [0.4, 0.5) is 0 Å². The summed E-state index contributed by atoms with van der Waals surface area (Å²) in [5, 5.41) is 4.91. The van der Waals surface area contributed by atoms with E-state index in [1.165, 1.54) is 11.3 Å². The Hall–Kier alpha value is -4.23. The molecule has 3 aromatic heterocycles. The van der Waals surface area contributed by atoms with Gasteiger partial charge in [0.2, 0.25) is 0 Å². The van der Waals surface area contributed by atoms with Crippen molar-refractivity contribution in [1.29, 1.82) is 0 Å². The molecule has 0 aliphatic heterocycles. The maximum Gasteiger partial charge on any atom is 0.274 e. The van der Waals surface area contributed by atoms with Crippen LogP contribution in [0.15, 0.2) is 89.9 Å². The molecule has 0 atom stereocenters. The van der Waals surface area contributed by atoms with Gasteiger partial charge >= 0.3 is 0 Å². The molecule has 0 saturated heterocycles. The lowest BCUT2D eigenvalue weighted by atomic mass is 10.1. The van der Waals surface area contributed by atoms with Gasteiger partial charge < -0.3 is 4.74 Å². The number of rotatable bonds is 7. The van der Waals surface area contributed by atoms with Gasteiger partial charge in [0.25, 0.3) is 5.56 Å². The molecule has 0 amide bonds. The molecular weight excluding hydrogens is 480 g/mol. The molecule has 0 aliphatic carbocycles. The second-order valence-electron chi connectivity index (χ2n) is 9.40. The van der Waals surface area contributed by atoms with Crippen molar-refractivity contribution in [3.05, 3.63) is 106 Å². The highest BCUT2D eigenvalue weighted by molar-refractivity contribution is 7.15. The van der Waals surface area contributed by atoms with Gasteiger partial charge in [-0.3, -0.25) is 4.79 Å². The van der Waals surface area contributed by atoms with Crippen molar-refractivity contribution in [1.82, 2.24) is 19.2 Å². The largest absolute Gasteiger partial charge is 0.494 e. The number of aromatic nitrogens is 4. The van der Waals surface area contributed by atoms with Crippen LogP contribution < -0.4 is 14.8 Å². The summed E-state index contributed by atoms with van der Waals surface area (Å²) in [6.45, 7) is 5.07. The molecule has 6 rings (SSSR count). The third-order valence-corrected chi connectivity index (χ3v) is 7.26. The summed E-state index contributed by atoms with van der Waals surface area (Å²) in [6.07, 6.45) is 4.91. The van der Waals surface area contributed by atoms with E-state index in [1.54, 1.807) is 4.40 Å². The van der Waals surface area contributed by atoms with E-state index in [1.807, 2.05) is 95.8 Å². The van der Waals surface area contributed by atoms with Gasteiger partial charge in [0.1, 0.15) is 11.4 Å². The lowest BCUT2D eigenvalue weighted by Crippen LogP contribution is -2.22. The Labute approximate surface area is 218 Å². The van der Waals surface area contributed by atoms with Crippen molar-refractivity contribution in [3.8, 4) is 22.7 Å². The number of nitrogens with zero attached hydrogens (tertiary/aromatic N) is 4. The first-order valence-corrected chi connectivity index (χ1v) is 13.2. The Morgan fingerprint density at radius 1 is 0.973 bits per heavy atom. The van der Waals surface area contributed by atoms with Crippen LogP contribution in [-0.4, -0.2) is 25.8 Å². The predicted molar refractivity (Wildman–Crippen MR) is 150 cm³/mol. The molecule has 6 aromatic rings. The van der Waals surface area contributed by atoms with Crippen LogP contribution in [0.3, 0.4) is 0 Å². The molecule has 0 fully saturated rings. The van der Waals surface area contributed by atoms with Gasteiger partial charge in [0.15, 0.2) is 4.96 Å². The molecule has 184 valence electrons. The zero-order valence-corrected chi connectivity index (χ0v) is 21.5. The number of hydrogen-bond acceptors (Lipinski definition) is 5. The Bertz CT molecular complexity index is 1800. The van der Waals surface area contributed by atoms with Gasteiger partial charge in [-0.2, -0.15) is 5.10 Å². The maximum absolute atomic E-state index is 13.4. The normalized spacial score (nSPS) is 12.2. The van der Waals surface area contributed by atoms with Crippen molar-refractivity contribution in [2.45, 2.75) is 20.3 Å². The van der Waals surface area contributed by atoms with Gasteiger partial charge in [-0.05, 0) is 66.9 Å². The Morgan fingerprint density at radius 2 is 1.73 bits per heavy atom. The fraction of sp³-hybridized carbons (Fsp3) is 0.167. The molecule has 0 radical (unpaired) electrons. The molecule has 7 heteroatoms. The smallest absolute Gasteiger partial charge is 0.274 e. The first kappa shape index (κ1) is 23.2. The molecule has 0 bridgehead atoms. The molecule has 0 aliphatic rings. The van der Waals surface area contributed by atoms with E-state index in [-0.39, 0.29) is 5.56 Å². The molecule has 0 saturated carbocycles. The summed E-state index contributed by atoms with van der Waals surface area (Å²) < 4.78 is 10.1. The monoisotopic (exact) mass is 506 g/mol. The van der Waals surface area contributed by atoms with Gasteiger partial charge in [-0.15, -0.1) is 0 Å². The lowest BCUT2D eigenvalue weighted by molar-refractivity contribution is 0.289. The quantitative estimate of drug-likeness (QED) is 0.277. The first-order valence-electron chi connectivity index (χ1n) is 12.4. The Morgan fingerprint density at radius 3 is 2.51 bits per heavy atom. The average molecular weight is 507 g/mol. The number of benzene rings is 3. The summed E-state index contributed by atoms with van der Waals surface area (Å²) in [7, 11) is 0. The molecule has 0 spiro atoms. The van der Waals surface area contributed by atoms with E-state index < -0.39 is 0 Å². The second kappa shape index (κ2) is 9.67. The van der Waals surface area contributed by atoms with E-state index >= 15 is 0 Å². The molecule has 3 aromatic carbocycles. The molecule has 3 heterocycles. The van der Waals surface area contributed by atoms with Crippen molar-refractivity contribution < 1.29 is 4.74 Å². The average Bonchev–Trinajstić information content (AvgIpc) is 3.58. The van der Waals surface area contributed by atoms with Crippen LogP contribution in [0.2, 0.25) is 0 Å². The van der Waals surface area contributed by atoms with E-state index in [0.29, 0.717) is 22.0 Å². The summed E-state index contributed by atoms with van der Waals surface area (Å²) in [5.41, 5.74) is 5.15. The number of ether oxygens (including phenoxy) is 1. The highest BCUT2D eigenvalue weighted by atomic mass is 32.1. The number of hydrogen-bond donors (Lipinski definition) is 0. The number of thiazole rings is 1. The number of imidazole rings is 1.